The monoisotopic (exact) mass is 364 g/mol. The molecule has 0 spiro atoms. The van der Waals surface area contributed by atoms with Gasteiger partial charge in [-0.3, -0.25) is 4.79 Å². The first-order valence-corrected chi connectivity index (χ1v) is 10.3. The Labute approximate surface area is 155 Å². The van der Waals surface area contributed by atoms with E-state index in [-0.39, 0.29) is 5.97 Å². The van der Waals surface area contributed by atoms with Gasteiger partial charge in [0.15, 0.2) is 0 Å². The lowest BCUT2D eigenvalue weighted by molar-refractivity contribution is -0.153. The van der Waals surface area contributed by atoms with Crippen molar-refractivity contribution < 1.29 is 13.7 Å². The number of carbonyl (C=O) groups excluding carboxylic acids is 1. The molecule has 0 saturated heterocycles. The van der Waals surface area contributed by atoms with Crippen molar-refractivity contribution in [2.24, 2.45) is 5.41 Å². The molecule has 1 rings (SSSR count). The van der Waals surface area contributed by atoms with Crippen LogP contribution >= 0.6 is 0 Å². The van der Waals surface area contributed by atoms with Crippen molar-refractivity contribution in [3.63, 3.8) is 0 Å². The molecule has 0 aliphatic carbocycles. The fraction of sp³-hybridized carbons (Fsp3) is 0.571. The van der Waals surface area contributed by atoms with Gasteiger partial charge >= 0.3 is 5.97 Å². The van der Waals surface area contributed by atoms with Crippen molar-refractivity contribution >= 4 is 16.8 Å². The maximum atomic E-state index is 12.6. The minimum absolute atomic E-state index is 0.171. The number of carbonyl (C=O) groups is 1. The molecule has 140 valence electrons. The van der Waals surface area contributed by atoms with Gasteiger partial charge in [0.2, 0.25) is 0 Å². The number of rotatable bonds is 9. The van der Waals surface area contributed by atoms with E-state index in [4.69, 9.17) is 4.74 Å². The second kappa shape index (κ2) is 10.5. The van der Waals surface area contributed by atoms with E-state index in [1.165, 1.54) is 5.57 Å². The number of ether oxygens (including phenoxy) is 1. The molecule has 0 amide bonds. The predicted molar refractivity (Wildman–Crippen MR) is 105 cm³/mol. The van der Waals surface area contributed by atoms with Crippen molar-refractivity contribution in [2.45, 2.75) is 71.6 Å². The van der Waals surface area contributed by atoms with Gasteiger partial charge in [-0.2, -0.15) is 0 Å². The normalized spacial score (nSPS) is 13.6. The van der Waals surface area contributed by atoms with Crippen LogP contribution in [0.5, 0.6) is 0 Å². The van der Waals surface area contributed by atoms with Crippen molar-refractivity contribution in [2.75, 3.05) is 6.61 Å². The molecule has 3 nitrogen and oxygen atoms in total. The van der Waals surface area contributed by atoms with Gasteiger partial charge in [0.1, 0.15) is 0 Å². The predicted octanol–water partition coefficient (Wildman–Crippen LogP) is 5.55. The molecule has 0 unspecified atom stereocenters. The summed E-state index contributed by atoms with van der Waals surface area (Å²) in [6.07, 6.45) is 4.71. The van der Waals surface area contributed by atoms with E-state index in [2.05, 4.69) is 6.92 Å². The maximum absolute atomic E-state index is 12.6. The highest BCUT2D eigenvalue weighted by atomic mass is 32.2. The van der Waals surface area contributed by atoms with Crippen LogP contribution in [0.4, 0.5) is 0 Å². The average Bonchev–Trinajstić information content (AvgIpc) is 2.55. The molecule has 25 heavy (non-hydrogen) atoms. The summed E-state index contributed by atoms with van der Waals surface area (Å²) < 4.78 is 17.9. The quantitative estimate of drug-likeness (QED) is 0.426. The summed E-state index contributed by atoms with van der Waals surface area (Å²) in [5, 5.41) is 1.88. The van der Waals surface area contributed by atoms with Crippen molar-refractivity contribution in [3.05, 3.63) is 40.8 Å². The molecule has 1 aromatic carbocycles. The van der Waals surface area contributed by atoms with Crippen molar-refractivity contribution in [3.8, 4) is 0 Å². The number of aryl methyl sites for hydroxylation is 1. The molecule has 0 heterocycles. The highest BCUT2D eigenvalue weighted by molar-refractivity contribution is 7.88. The number of allylic oxidation sites excluding steroid dienone is 1. The van der Waals surface area contributed by atoms with Crippen LogP contribution in [0.2, 0.25) is 0 Å². The Morgan fingerprint density at radius 1 is 1.12 bits per heavy atom. The molecular weight excluding hydrogens is 332 g/mol. The van der Waals surface area contributed by atoms with Crippen LogP contribution in [0.1, 0.15) is 65.4 Å². The van der Waals surface area contributed by atoms with Gasteiger partial charge in [-0.05, 0) is 65.5 Å². The third-order valence-electron chi connectivity index (χ3n) is 3.87. The molecule has 1 aromatic rings. The minimum atomic E-state index is -1.12. The first kappa shape index (κ1) is 21.6. The topological polar surface area (TPSA) is 43.4 Å². The Hall–Kier alpha value is -1.42. The molecule has 4 heteroatoms. The molecule has 0 aliphatic rings. The zero-order valence-electron chi connectivity index (χ0n) is 16.3. The summed E-state index contributed by atoms with van der Waals surface area (Å²) in [5.74, 6) is -0.171. The lowest BCUT2D eigenvalue weighted by Gasteiger charge is -2.16. The van der Waals surface area contributed by atoms with Crippen LogP contribution in [-0.4, -0.2) is 16.8 Å². The number of unbranched alkanes of at least 4 members (excludes halogenated alkanes) is 1. The van der Waals surface area contributed by atoms with Crippen LogP contribution in [0.3, 0.4) is 0 Å². The molecule has 0 bridgehead atoms. The maximum Gasteiger partial charge on any atom is 0.311 e. The third-order valence-corrected chi connectivity index (χ3v) is 5.15. The first-order chi connectivity index (χ1) is 11.7. The van der Waals surface area contributed by atoms with Crippen molar-refractivity contribution in [1.82, 2.24) is 0 Å². The van der Waals surface area contributed by atoms with E-state index in [0.29, 0.717) is 6.61 Å². The van der Waals surface area contributed by atoms with Crippen LogP contribution in [-0.2, 0) is 20.3 Å². The van der Waals surface area contributed by atoms with Crippen LogP contribution in [0.15, 0.2) is 40.1 Å². The number of esters is 1. The Kier molecular flexibility index (Phi) is 9.12. The van der Waals surface area contributed by atoms with Gasteiger partial charge < -0.3 is 4.74 Å². The molecule has 0 N–H and O–H groups in total. The number of hydrogen-bond donors (Lipinski definition) is 0. The van der Waals surface area contributed by atoms with Crippen LogP contribution < -0.4 is 0 Å². The summed E-state index contributed by atoms with van der Waals surface area (Å²) in [6.45, 7) is 10.1. The highest BCUT2D eigenvalue weighted by Crippen LogP contribution is 2.19. The second-order valence-electron chi connectivity index (χ2n) is 7.48. The van der Waals surface area contributed by atoms with E-state index >= 15 is 0 Å². The summed E-state index contributed by atoms with van der Waals surface area (Å²) in [4.78, 5) is 12.6. The Balaban J connectivity index is 2.62. The largest absolute Gasteiger partial charge is 0.465 e. The fourth-order valence-corrected chi connectivity index (χ4v) is 3.30. The van der Waals surface area contributed by atoms with Gasteiger partial charge in [0.25, 0.3) is 0 Å². The van der Waals surface area contributed by atoms with Crippen LogP contribution in [0.25, 0.3) is 0 Å². The van der Waals surface area contributed by atoms with E-state index in [9.17, 15) is 9.00 Å². The van der Waals surface area contributed by atoms with Gasteiger partial charge in [0, 0.05) is 10.3 Å². The van der Waals surface area contributed by atoms with Gasteiger partial charge in [-0.1, -0.05) is 36.6 Å². The lowest BCUT2D eigenvalue weighted by Crippen LogP contribution is -2.23. The van der Waals surface area contributed by atoms with Gasteiger partial charge in [-0.25, -0.2) is 4.21 Å². The Morgan fingerprint density at radius 2 is 1.72 bits per heavy atom. The lowest BCUT2D eigenvalue weighted by atomic mass is 9.97. The molecule has 0 aromatic heterocycles. The van der Waals surface area contributed by atoms with Crippen LogP contribution in [0, 0.1) is 12.3 Å². The second-order valence-corrected chi connectivity index (χ2v) is 8.78. The summed E-state index contributed by atoms with van der Waals surface area (Å²) in [7, 11) is -1.12. The SMILES string of the molecule is CCCC/C(=C\[S@@](=O)c1ccc(C)cc1)CCCOC(=O)C(C)(C)C. The zero-order chi connectivity index (χ0) is 18.9. The Bertz CT molecular complexity index is 595. The minimum Gasteiger partial charge on any atom is -0.465 e. The first-order valence-electron chi connectivity index (χ1n) is 9.08. The zero-order valence-corrected chi connectivity index (χ0v) is 17.1. The number of hydrogen-bond acceptors (Lipinski definition) is 3. The fourth-order valence-electron chi connectivity index (χ4n) is 2.22. The molecule has 0 fully saturated rings. The summed E-state index contributed by atoms with van der Waals surface area (Å²) in [5.41, 5.74) is 1.89. The molecule has 0 aliphatic heterocycles. The average molecular weight is 365 g/mol. The third kappa shape index (κ3) is 8.48. The molecular formula is C21H32O3S. The van der Waals surface area contributed by atoms with E-state index in [0.717, 1.165) is 42.6 Å². The summed E-state index contributed by atoms with van der Waals surface area (Å²) >= 11 is 0. The van der Waals surface area contributed by atoms with E-state index < -0.39 is 16.2 Å². The Morgan fingerprint density at radius 3 is 2.28 bits per heavy atom. The molecule has 0 radical (unpaired) electrons. The van der Waals surface area contributed by atoms with Crippen molar-refractivity contribution in [1.29, 1.82) is 0 Å². The summed E-state index contributed by atoms with van der Waals surface area (Å²) in [6, 6.07) is 7.81. The van der Waals surface area contributed by atoms with E-state index in [1.807, 2.05) is 57.4 Å². The standard InChI is InChI=1S/C21H32O3S/c1-6-7-9-18(10-8-15-24-20(22)21(3,4)5)16-25(23)19-13-11-17(2)12-14-19/h11-14,16H,6-10,15H2,1-5H3/b18-16+/t25-/m1/s1. The number of benzene rings is 1. The smallest absolute Gasteiger partial charge is 0.311 e. The molecule has 0 saturated carbocycles. The molecule has 1 atom stereocenters. The van der Waals surface area contributed by atoms with E-state index in [1.54, 1.807) is 0 Å². The van der Waals surface area contributed by atoms with Gasteiger partial charge in [-0.15, -0.1) is 0 Å². The van der Waals surface area contributed by atoms with Gasteiger partial charge in [0.05, 0.1) is 22.8 Å². The highest BCUT2D eigenvalue weighted by Gasteiger charge is 2.22.